The van der Waals surface area contributed by atoms with Gasteiger partial charge in [0.1, 0.15) is 0 Å². The van der Waals surface area contributed by atoms with Crippen molar-refractivity contribution in [2.45, 2.75) is 132 Å². The van der Waals surface area contributed by atoms with Crippen molar-refractivity contribution in [3.8, 4) is 0 Å². The largest absolute Gasteiger partial charge is 0.381 e. The first-order chi connectivity index (χ1) is 16.2. The Hall–Kier alpha value is 1.16. The van der Waals surface area contributed by atoms with Crippen LogP contribution < -0.4 is 5.30 Å². The zero-order valence-electron chi connectivity index (χ0n) is 26.8. The Morgan fingerprint density at radius 2 is 1.03 bits per heavy atom. The van der Waals surface area contributed by atoms with Crippen molar-refractivity contribution in [2.75, 3.05) is 13.2 Å². The monoisotopic (exact) mass is 679 g/mol. The molecule has 0 amide bonds. The molecule has 4 heteroatoms. The first kappa shape index (κ1) is 36.2. The fourth-order valence-corrected chi connectivity index (χ4v) is 13.8. The van der Waals surface area contributed by atoms with E-state index in [1.807, 2.05) is 0 Å². The predicted molar refractivity (Wildman–Crippen MR) is 167 cm³/mol. The SMILES string of the molecule is C1CCOC1.C[C]1[C](C)[C](C)[C]([Si](C)(C)Pc2c(C(C)(C)C)cc(C(C)(C)C)cc2C(C)(C)C)[C]1C.[Sm]. The number of rotatable bonds is 3. The van der Waals surface area contributed by atoms with Gasteiger partial charge in [0.15, 0.2) is 0 Å². The van der Waals surface area contributed by atoms with Gasteiger partial charge in [-0.1, -0.05) is 115 Å². The van der Waals surface area contributed by atoms with E-state index >= 15 is 0 Å². The topological polar surface area (TPSA) is 9.23 Å². The predicted octanol–water partition coefficient (Wildman–Crippen LogP) is 9.39. The molecule has 2 aliphatic rings. The third-order valence-electron chi connectivity index (χ3n) is 7.95. The Balaban J connectivity index is 0.00000102. The average Bonchev–Trinajstić information content (AvgIpc) is 3.34. The molecule has 1 nitrogen and oxygen atoms in total. The molecule has 37 heavy (non-hydrogen) atoms. The Kier molecular flexibility index (Phi) is 13.1. The molecule has 1 saturated heterocycles. The maximum absolute atomic E-state index is 4.94. The summed E-state index contributed by atoms with van der Waals surface area (Å²) in [4.78, 5) is 0. The van der Waals surface area contributed by atoms with Crippen LogP contribution in [0.5, 0.6) is 0 Å². The summed E-state index contributed by atoms with van der Waals surface area (Å²) in [5.41, 5.74) is 6.74. The molecule has 0 bridgehead atoms. The van der Waals surface area contributed by atoms with Gasteiger partial charge < -0.3 is 4.74 Å². The van der Waals surface area contributed by atoms with Crippen LogP contribution in [0.25, 0.3) is 0 Å². The molecule has 3 rings (SSSR count). The zero-order valence-corrected chi connectivity index (χ0v) is 31.4. The van der Waals surface area contributed by atoms with Crippen LogP contribution in [-0.4, -0.2) is 21.0 Å². The van der Waals surface area contributed by atoms with Crippen LogP contribution in [0.4, 0.5) is 0 Å². The molecule has 1 unspecified atom stereocenters. The van der Waals surface area contributed by atoms with Gasteiger partial charge in [-0.25, -0.2) is 0 Å². The van der Waals surface area contributed by atoms with Gasteiger partial charge in [-0.3, -0.25) is 0 Å². The van der Waals surface area contributed by atoms with Crippen molar-refractivity contribution in [3.63, 3.8) is 0 Å². The fourth-order valence-electron chi connectivity index (χ4n) is 5.43. The van der Waals surface area contributed by atoms with Gasteiger partial charge in [0.05, 0.1) is 7.74 Å². The number of hydrogen-bond acceptors (Lipinski definition) is 1. The van der Waals surface area contributed by atoms with Crippen LogP contribution >= 0.6 is 8.13 Å². The van der Waals surface area contributed by atoms with Crippen molar-refractivity contribution in [3.05, 3.63) is 58.0 Å². The summed E-state index contributed by atoms with van der Waals surface area (Å²) in [7, 11) is -0.801. The summed E-state index contributed by atoms with van der Waals surface area (Å²) in [5, 5.41) is 1.65. The molecule has 1 heterocycles. The molecule has 209 valence electrons. The summed E-state index contributed by atoms with van der Waals surface area (Å²) in [6.07, 6.45) is 2.56. The van der Waals surface area contributed by atoms with E-state index < -0.39 is 7.74 Å². The van der Waals surface area contributed by atoms with Gasteiger partial charge in [0.25, 0.3) is 0 Å². The molecular weight excluding hydrogens is 622 g/mol. The van der Waals surface area contributed by atoms with Crippen LogP contribution in [0.1, 0.15) is 120 Å². The van der Waals surface area contributed by atoms with E-state index in [9.17, 15) is 0 Å². The zero-order chi connectivity index (χ0) is 27.9. The van der Waals surface area contributed by atoms with Crippen molar-refractivity contribution >= 4 is 21.2 Å². The van der Waals surface area contributed by atoms with Crippen molar-refractivity contribution in [1.29, 1.82) is 0 Å². The standard InChI is InChI=1S/C29H48PSi.C4H8O.Sm/c1-18-19(2)21(4)26(20(18)3)31(14,15)30-25-23(28(8,9)10)16-22(27(5,6)7)17-24(25)29(11,12)13;1-2-4-5-3-1;/h16-17,30H,1-15H3;1-4H2;. The van der Waals surface area contributed by atoms with Crippen LogP contribution in [0.15, 0.2) is 12.1 Å². The summed E-state index contributed by atoms with van der Waals surface area (Å²) in [6, 6.07) is 5.09. The van der Waals surface area contributed by atoms with Gasteiger partial charge in [-0.2, -0.15) is 0 Å². The Morgan fingerprint density at radius 1 is 0.649 bits per heavy atom. The number of hydrogen-bond donors (Lipinski definition) is 0. The first-order valence-electron chi connectivity index (χ1n) is 14.0. The smallest absolute Gasteiger partial charge is 0.0843 e. The van der Waals surface area contributed by atoms with Gasteiger partial charge in [0, 0.05) is 53.6 Å². The Bertz CT molecular complexity index is 813. The summed E-state index contributed by atoms with van der Waals surface area (Å²) in [5.74, 6) is 6.13. The van der Waals surface area contributed by atoms with E-state index in [0.717, 1.165) is 21.3 Å². The van der Waals surface area contributed by atoms with Crippen molar-refractivity contribution in [2.24, 2.45) is 0 Å². The minimum Gasteiger partial charge on any atom is -0.381 e. The maximum Gasteiger partial charge on any atom is 0.0843 e. The molecule has 0 N–H and O–H groups in total. The van der Waals surface area contributed by atoms with Crippen molar-refractivity contribution in [1.82, 2.24) is 0 Å². The van der Waals surface area contributed by atoms with Crippen LogP contribution in [-0.2, 0) is 21.0 Å². The second-order valence-electron chi connectivity index (χ2n) is 14.6. The van der Waals surface area contributed by atoms with E-state index in [4.69, 9.17) is 4.74 Å². The molecule has 1 saturated carbocycles. The molecular formula is C33H56OPSiSm. The van der Waals surface area contributed by atoms with Gasteiger partial charge in [-0.05, 0) is 80.3 Å². The van der Waals surface area contributed by atoms with E-state index in [0.29, 0.717) is 0 Å². The van der Waals surface area contributed by atoms with E-state index in [1.165, 1.54) is 30.2 Å². The van der Waals surface area contributed by atoms with Gasteiger partial charge in [-0.15, -0.1) is 8.13 Å². The normalized spacial score (nSPS) is 20.0. The molecule has 0 spiro atoms. The second kappa shape index (κ2) is 13.4. The maximum atomic E-state index is 4.94. The quantitative estimate of drug-likeness (QED) is 0.229. The summed E-state index contributed by atoms with van der Waals surface area (Å²) >= 11 is 0. The molecule has 1 atom stereocenters. The Morgan fingerprint density at radius 3 is 1.30 bits per heavy atom. The summed E-state index contributed by atoms with van der Waals surface area (Å²) < 4.78 is 4.94. The molecule has 1 aliphatic carbocycles. The Labute approximate surface area is 267 Å². The minimum absolute atomic E-state index is 0. The minimum atomic E-state index is -1.68. The molecule has 0 aromatic heterocycles. The van der Waals surface area contributed by atoms with Crippen molar-refractivity contribution < 1.29 is 45.1 Å². The van der Waals surface area contributed by atoms with E-state index in [-0.39, 0.29) is 56.6 Å². The van der Waals surface area contributed by atoms with Crippen LogP contribution in [0.2, 0.25) is 13.1 Å². The molecule has 1 aliphatic heterocycles. The van der Waals surface area contributed by atoms with Gasteiger partial charge >= 0.3 is 0 Å². The van der Waals surface area contributed by atoms with Gasteiger partial charge in [0.2, 0.25) is 0 Å². The molecule has 5 radical (unpaired) electrons. The van der Waals surface area contributed by atoms with Crippen LogP contribution in [0, 0.1) is 69.6 Å². The fraction of sp³-hybridized carbons (Fsp3) is 0.667. The third kappa shape index (κ3) is 9.07. The van der Waals surface area contributed by atoms with E-state index in [1.54, 1.807) is 33.8 Å². The second-order valence-corrected chi connectivity index (χ2v) is 23.6. The molecule has 1 aromatic carbocycles. The average molecular weight is 678 g/mol. The van der Waals surface area contributed by atoms with E-state index in [2.05, 4.69) is 115 Å². The number of benzene rings is 1. The number of ether oxygens (including phenoxy) is 1. The first-order valence-corrected chi connectivity index (χ1v) is 19.0. The van der Waals surface area contributed by atoms with Crippen LogP contribution in [0.3, 0.4) is 0 Å². The third-order valence-corrected chi connectivity index (χ3v) is 14.7. The summed E-state index contributed by atoms with van der Waals surface area (Å²) in [6.45, 7) is 38.0. The molecule has 2 fully saturated rings. The molecule has 1 aromatic rings.